The summed E-state index contributed by atoms with van der Waals surface area (Å²) in [5, 5.41) is 1.83. The second kappa shape index (κ2) is 9.16. The van der Waals surface area contributed by atoms with Crippen molar-refractivity contribution < 1.29 is 14.3 Å². The van der Waals surface area contributed by atoms with Gasteiger partial charge < -0.3 is 4.74 Å². The first-order valence-corrected chi connectivity index (χ1v) is 10.3. The number of benzene rings is 3. The van der Waals surface area contributed by atoms with Crippen LogP contribution in [0.2, 0.25) is 0 Å². The fraction of sp³-hybridized carbons (Fsp3) is 0. The summed E-state index contributed by atoms with van der Waals surface area (Å²) in [6, 6.07) is 28.2. The maximum atomic E-state index is 12.5. The first-order chi connectivity index (χ1) is 14.7. The Kier molecular flexibility index (Phi) is 5.97. The number of esters is 1. The van der Waals surface area contributed by atoms with Crippen LogP contribution in [-0.2, 0) is 0 Å². The third kappa shape index (κ3) is 4.80. The fourth-order valence-corrected chi connectivity index (χ4v) is 3.56. The summed E-state index contributed by atoms with van der Waals surface area (Å²) in [6.45, 7) is 0. The number of hydrogen-bond acceptors (Lipinski definition) is 4. The highest BCUT2D eigenvalue weighted by molar-refractivity contribution is 7.12. The molecule has 3 aromatic carbocycles. The SMILES string of the molecule is O=C(C=Cc1cccc(OC(=O)c2cccs2)c1)c1ccc(-c2ccccc2)cc1. The summed E-state index contributed by atoms with van der Waals surface area (Å²) in [4.78, 5) is 25.1. The van der Waals surface area contributed by atoms with E-state index in [2.05, 4.69) is 0 Å². The molecule has 3 nitrogen and oxygen atoms in total. The Morgan fingerprint density at radius 3 is 2.27 bits per heavy atom. The van der Waals surface area contributed by atoms with Crippen LogP contribution in [0.1, 0.15) is 25.6 Å². The summed E-state index contributed by atoms with van der Waals surface area (Å²) in [5.41, 5.74) is 3.57. The Bertz CT molecular complexity index is 1170. The molecule has 1 aromatic heterocycles. The van der Waals surface area contributed by atoms with E-state index in [1.165, 1.54) is 17.4 Å². The summed E-state index contributed by atoms with van der Waals surface area (Å²) >= 11 is 1.33. The van der Waals surface area contributed by atoms with Gasteiger partial charge in [-0.1, -0.05) is 78.9 Å². The normalized spacial score (nSPS) is 10.8. The van der Waals surface area contributed by atoms with Gasteiger partial charge in [0.25, 0.3) is 0 Å². The molecule has 0 spiro atoms. The number of rotatable bonds is 6. The molecule has 0 atom stereocenters. The standard InChI is InChI=1S/C26H18O3S/c27-24(22-14-12-21(13-15-22)20-7-2-1-3-8-20)16-11-19-6-4-9-23(18-19)29-26(28)25-10-5-17-30-25/h1-18H. The van der Waals surface area contributed by atoms with Crippen LogP contribution in [-0.4, -0.2) is 11.8 Å². The first kappa shape index (κ1) is 19.6. The van der Waals surface area contributed by atoms with E-state index < -0.39 is 0 Å². The third-order valence-corrected chi connectivity index (χ3v) is 5.34. The summed E-state index contributed by atoms with van der Waals surface area (Å²) in [6.07, 6.45) is 3.24. The van der Waals surface area contributed by atoms with Crippen molar-refractivity contribution >= 4 is 29.2 Å². The van der Waals surface area contributed by atoms with E-state index in [9.17, 15) is 9.59 Å². The van der Waals surface area contributed by atoms with E-state index in [-0.39, 0.29) is 11.8 Å². The van der Waals surface area contributed by atoms with Gasteiger partial charge in [0, 0.05) is 5.56 Å². The summed E-state index contributed by atoms with van der Waals surface area (Å²) in [7, 11) is 0. The molecule has 30 heavy (non-hydrogen) atoms. The predicted molar refractivity (Wildman–Crippen MR) is 121 cm³/mol. The second-order valence-corrected chi connectivity index (χ2v) is 7.53. The number of hydrogen-bond donors (Lipinski definition) is 0. The molecular weight excluding hydrogens is 392 g/mol. The van der Waals surface area contributed by atoms with Gasteiger partial charge in [0.05, 0.1) is 0 Å². The van der Waals surface area contributed by atoms with E-state index in [0.717, 1.165) is 16.7 Å². The largest absolute Gasteiger partial charge is 0.422 e. The van der Waals surface area contributed by atoms with E-state index in [4.69, 9.17) is 4.74 Å². The molecule has 4 heteroatoms. The highest BCUT2D eigenvalue weighted by Gasteiger charge is 2.09. The molecular formula is C26H18O3S. The van der Waals surface area contributed by atoms with Gasteiger partial charge in [0.15, 0.2) is 5.78 Å². The monoisotopic (exact) mass is 410 g/mol. The van der Waals surface area contributed by atoms with Crippen LogP contribution in [0.25, 0.3) is 17.2 Å². The van der Waals surface area contributed by atoms with Crippen molar-refractivity contribution in [3.63, 3.8) is 0 Å². The topological polar surface area (TPSA) is 43.4 Å². The quantitative estimate of drug-likeness (QED) is 0.157. The zero-order chi connectivity index (χ0) is 20.8. The molecule has 0 saturated carbocycles. The summed E-state index contributed by atoms with van der Waals surface area (Å²) in [5.74, 6) is -0.0356. The van der Waals surface area contributed by atoms with Gasteiger partial charge in [-0.3, -0.25) is 4.79 Å². The van der Waals surface area contributed by atoms with Gasteiger partial charge in [-0.05, 0) is 46.3 Å². The highest BCUT2D eigenvalue weighted by atomic mass is 32.1. The smallest absolute Gasteiger partial charge is 0.353 e. The van der Waals surface area contributed by atoms with Gasteiger partial charge in [0.1, 0.15) is 10.6 Å². The van der Waals surface area contributed by atoms with E-state index in [1.807, 2.05) is 66.0 Å². The lowest BCUT2D eigenvalue weighted by Gasteiger charge is -2.04. The van der Waals surface area contributed by atoms with Crippen molar-refractivity contribution in [2.24, 2.45) is 0 Å². The van der Waals surface area contributed by atoms with Crippen molar-refractivity contribution in [2.45, 2.75) is 0 Å². The van der Waals surface area contributed by atoms with Gasteiger partial charge in [-0.25, -0.2) is 4.79 Å². The minimum atomic E-state index is -0.388. The van der Waals surface area contributed by atoms with Crippen molar-refractivity contribution in [1.82, 2.24) is 0 Å². The molecule has 0 radical (unpaired) electrons. The maximum absolute atomic E-state index is 12.5. The fourth-order valence-electron chi connectivity index (χ4n) is 2.96. The van der Waals surface area contributed by atoms with Crippen molar-refractivity contribution in [1.29, 1.82) is 0 Å². The number of ketones is 1. The lowest BCUT2D eigenvalue weighted by atomic mass is 10.0. The number of thiophene rings is 1. The Hall–Kier alpha value is -3.76. The zero-order valence-electron chi connectivity index (χ0n) is 16.0. The minimum absolute atomic E-state index is 0.0874. The van der Waals surface area contributed by atoms with Crippen LogP contribution in [0.15, 0.2) is 102 Å². The van der Waals surface area contributed by atoms with Gasteiger partial charge in [-0.2, -0.15) is 0 Å². The molecule has 0 saturated heterocycles. The number of ether oxygens (including phenoxy) is 1. The Labute approximate surface area is 178 Å². The predicted octanol–water partition coefficient (Wildman–Crippen LogP) is 6.53. The molecule has 0 unspecified atom stereocenters. The molecule has 146 valence electrons. The maximum Gasteiger partial charge on any atom is 0.353 e. The molecule has 0 aliphatic heterocycles. The molecule has 0 aliphatic rings. The van der Waals surface area contributed by atoms with Crippen LogP contribution in [0, 0.1) is 0 Å². The Morgan fingerprint density at radius 2 is 1.53 bits per heavy atom. The Morgan fingerprint density at radius 1 is 0.767 bits per heavy atom. The highest BCUT2D eigenvalue weighted by Crippen LogP contribution is 2.21. The van der Waals surface area contributed by atoms with E-state index >= 15 is 0 Å². The lowest BCUT2D eigenvalue weighted by Crippen LogP contribution is -2.06. The van der Waals surface area contributed by atoms with Crippen molar-refractivity contribution in [3.8, 4) is 16.9 Å². The molecule has 0 aliphatic carbocycles. The molecule has 0 N–H and O–H groups in total. The van der Waals surface area contributed by atoms with Crippen LogP contribution in [0.5, 0.6) is 5.75 Å². The average Bonchev–Trinajstić information content (AvgIpc) is 3.34. The number of allylic oxidation sites excluding steroid dienone is 1. The van der Waals surface area contributed by atoms with Gasteiger partial charge >= 0.3 is 5.97 Å². The number of carbonyl (C=O) groups is 2. The molecule has 0 amide bonds. The van der Waals surface area contributed by atoms with Crippen LogP contribution >= 0.6 is 11.3 Å². The average molecular weight is 410 g/mol. The van der Waals surface area contributed by atoms with E-state index in [1.54, 1.807) is 36.4 Å². The number of carbonyl (C=O) groups excluding carboxylic acids is 2. The van der Waals surface area contributed by atoms with Crippen molar-refractivity contribution in [2.75, 3.05) is 0 Å². The zero-order valence-corrected chi connectivity index (χ0v) is 16.8. The molecule has 1 heterocycles. The second-order valence-electron chi connectivity index (χ2n) is 6.58. The van der Waals surface area contributed by atoms with Crippen molar-refractivity contribution in [3.05, 3.63) is 118 Å². The van der Waals surface area contributed by atoms with Crippen LogP contribution in [0.3, 0.4) is 0 Å². The van der Waals surface area contributed by atoms with Crippen LogP contribution in [0.4, 0.5) is 0 Å². The van der Waals surface area contributed by atoms with Crippen LogP contribution < -0.4 is 4.74 Å². The minimum Gasteiger partial charge on any atom is -0.422 e. The summed E-state index contributed by atoms with van der Waals surface area (Å²) < 4.78 is 5.40. The Balaban J connectivity index is 1.43. The molecule has 0 bridgehead atoms. The lowest BCUT2D eigenvalue weighted by molar-refractivity contribution is 0.0739. The molecule has 0 fully saturated rings. The third-order valence-electron chi connectivity index (χ3n) is 4.49. The molecule has 4 rings (SSSR count). The molecule has 4 aromatic rings. The van der Waals surface area contributed by atoms with E-state index in [0.29, 0.717) is 16.2 Å². The first-order valence-electron chi connectivity index (χ1n) is 9.43. The van der Waals surface area contributed by atoms with Gasteiger partial charge in [-0.15, -0.1) is 11.3 Å². The van der Waals surface area contributed by atoms with Gasteiger partial charge in [0.2, 0.25) is 0 Å².